The van der Waals surface area contributed by atoms with E-state index in [-0.39, 0.29) is 5.97 Å². The Balaban J connectivity index is 3.58. The average Bonchev–Trinajstić information content (AvgIpc) is 3.01. The van der Waals surface area contributed by atoms with Gasteiger partial charge in [-0.2, -0.15) is 0 Å². The Morgan fingerprint density at radius 1 is 0.435 bits per heavy atom. The number of unbranched alkanes of at least 4 members (excludes halogenated alkanes) is 17. The molecule has 0 aromatic rings. The molecule has 0 unspecified atom stereocenters. The van der Waals surface area contributed by atoms with Gasteiger partial charge in [-0.3, -0.25) is 4.79 Å². The zero-order valence-corrected chi connectivity index (χ0v) is 31.9. The molecule has 0 spiro atoms. The first-order valence-electron chi connectivity index (χ1n) is 19.8. The number of esters is 1. The van der Waals surface area contributed by atoms with Gasteiger partial charge in [-0.15, -0.1) is 0 Å². The summed E-state index contributed by atoms with van der Waals surface area (Å²) in [4.78, 5) is 12.1. The second-order valence-corrected chi connectivity index (χ2v) is 14.2. The van der Waals surface area contributed by atoms with E-state index in [1.165, 1.54) is 138 Å². The standard InChI is InChI=1S/C44H78O2/c1-7-8-9-10-11-12-13-14-15-16-17-18-19-20-21-22-23-24-25-26-27-37-44(45)46-39-38-43(6)36-30-35-42(5)34-29-33-41(4)32-28-31-40(2)3/h14-15,31,33,35,38H,7-13,16-30,32,34,36-37,39H2,1-6H3/b15-14-,41-33+,42-35+,43-38+. The Labute approximate surface area is 288 Å². The van der Waals surface area contributed by atoms with Gasteiger partial charge in [0.2, 0.25) is 0 Å². The Hall–Kier alpha value is -1.83. The van der Waals surface area contributed by atoms with Crippen molar-refractivity contribution in [1.82, 2.24) is 0 Å². The molecule has 0 bridgehead atoms. The van der Waals surface area contributed by atoms with Crippen molar-refractivity contribution >= 4 is 5.97 Å². The molecule has 0 aromatic carbocycles. The van der Waals surface area contributed by atoms with Crippen LogP contribution in [0.25, 0.3) is 0 Å². The minimum Gasteiger partial charge on any atom is -0.461 e. The third kappa shape index (κ3) is 35.0. The molecular formula is C44H78O2. The quantitative estimate of drug-likeness (QED) is 0.0416. The molecule has 2 heteroatoms. The summed E-state index contributed by atoms with van der Waals surface area (Å²) >= 11 is 0. The number of carbonyl (C=O) groups is 1. The van der Waals surface area contributed by atoms with Crippen LogP contribution in [0.3, 0.4) is 0 Å². The number of hydrogen-bond donors (Lipinski definition) is 0. The molecule has 266 valence electrons. The molecule has 0 N–H and O–H groups in total. The van der Waals surface area contributed by atoms with Crippen molar-refractivity contribution in [2.24, 2.45) is 0 Å². The van der Waals surface area contributed by atoms with Gasteiger partial charge in [0.25, 0.3) is 0 Å². The molecule has 0 heterocycles. The van der Waals surface area contributed by atoms with Crippen LogP contribution >= 0.6 is 0 Å². The molecular weight excluding hydrogens is 560 g/mol. The van der Waals surface area contributed by atoms with Crippen molar-refractivity contribution < 1.29 is 9.53 Å². The van der Waals surface area contributed by atoms with Gasteiger partial charge >= 0.3 is 5.97 Å². The van der Waals surface area contributed by atoms with E-state index < -0.39 is 0 Å². The fraction of sp³-hybridized carbons (Fsp3) is 0.750. The zero-order valence-electron chi connectivity index (χ0n) is 31.9. The molecule has 0 radical (unpaired) electrons. The van der Waals surface area contributed by atoms with Gasteiger partial charge in [-0.05, 0) is 111 Å². The predicted molar refractivity (Wildman–Crippen MR) is 207 cm³/mol. The van der Waals surface area contributed by atoms with E-state index in [0.717, 1.165) is 44.9 Å². The van der Waals surface area contributed by atoms with Gasteiger partial charge in [-0.1, -0.05) is 149 Å². The Kier molecular flexibility index (Phi) is 33.1. The highest BCUT2D eigenvalue weighted by Gasteiger charge is 2.02. The van der Waals surface area contributed by atoms with E-state index in [1.807, 2.05) is 0 Å². The second kappa shape index (κ2) is 34.5. The van der Waals surface area contributed by atoms with E-state index >= 15 is 0 Å². The molecule has 0 aromatic heterocycles. The van der Waals surface area contributed by atoms with Crippen LogP contribution in [0.2, 0.25) is 0 Å². The van der Waals surface area contributed by atoms with Crippen molar-refractivity contribution in [3.8, 4) is 0 Å². The van der Waals surface area contributed by atoms with Gasteiger partial charge in [0, 0.05) is 6.42 Å². The maximum atomic E-state index is 12.1. The fourth-order valence-electron chi connectivity index (χ4n) is 5.74. The van der Waals surface area contributed by atoms with Crippen molar-refractivity contribution in [2.75, 3.05) is 6.61 Å². The van der Waals surface area contributed by atoms with Gasteiger partial charge < -0.3 is 4.74 Å². The second-order valence-electron chi connectivity index (χ2n) is 14.2. The Morgan fingerprint density at radius 2 is 0.826 bits per heavy atom. The van der Waals surface area contributed by atoms with Crippen LogP contribution in [0.15, 0.2) is 58.7 Å². The third-order valence-corrected chi connectivity index (χ3v) is 8.97. The molecule has 46 heavy (non-hydrogen) atoms. The van der Waals surface area contributed by atoms with Crippen LogP contribution in [0.5, 0.6) is 0 Å². The molecule has 0 fully saturated rings. The van der Waals surface area contributed by atoms with Crippen LogP contribution in [0.1, 0.15) is 208 Å². The summed E-state index contributed by atoms with van der Waals surface area (Å²) in [5.41, 5.74) is 5.68. The van der Waals surface area contributed by atoms with Gasteiger partial charge in [0.1, 0.15) is 6.61 Å². The summed E-state index contributed by atoms with van der Waals surface area (Å²) < 4.78 is 5.46. The van der Waals surface area contributed by atoms with Crippen LogP contribution < -0.4 is 0 Å². The summed E-state index contributed by atoms with van der Waals surface area (Å²) in [6, 6.07) is 0. The maximum absolute atomic E-state index is 12.1. The molecule has 0 aliphatic rings. The number of ether oxygens (including phenoxy) is 1. The van der Waals surface area contributed by atoms with Crippen molar-refractivity contribution in [1.29, 1.82) is 0 Å². The van der Waals surface area contributed by atoms with E-state index in [4.69, 9.17) is 4.74 Å². The minimum atomic E-state index is -0.0442. The lowest BCUT2D eigenvalue weighted by molar-refractivity contribution is -0.142. The monoisotopic (exact) mass is 639 g/mol. The predicted octanol–water partition coefficient (Wildman–Crippen LogP) is 15.1. The number of carbonyl (C=O) groups excluding carboxylic acids is 1. The first kappa shape index (κ1) is 44.2. The molecule has 2 nitrogen and oxygen atoms in total. The third-order valence-electron chi connectivity index (χ3n) is 8.97. The first-order valence-corrected chi connectivity index (χ1v) is 19.8. The Bertz CT molecular complexity index is 849. The van der Waals surface area contributed by atoms with Crippen LogP contribution in [-0.2, 0) is 9.53 Å². The fourth-order valence-corrected chi connectivity index (χ4v) is 5.74. The molecule has 0 aliphatic carbocycles. The highest BCUT2D eigenvalue weighted by molar-refractivity contribution is 5.69. The minimum absolute atomic E-state index is 0.0442. The summed E-state index contributed by atoms with van der Waals surface area (Å²) in [6.45, 7) is 13.7. The smallest absolute Gasteiger partial charge is 0.306 e. The topological polar surface area (TPSA) is 26.3 Å². The highest BCUT2D eigenvalue weighted by Crippen LogP contribution is 2.15. The lowest BCUT2D eigenvalue weighted by atomic mass is 10.0. The SMILES string of the molecule is CCCCCCCC/C=C\CCCCCCCCCCCCCC(=O)OC/C=C(\C)CC/C=C(\C)CC/C=C(\C)CCC=C(C)C. The van der Waals surface area contributed by atoms with Crippen LogP contribution in [0, 0.1) is 0 Å². The zero-order chi connectivity index (χ0) is 33.9. The molecule has 0 rings (SSSR count). The van der Waals surface area contributed by atoms with E-state index in [0.29, 0.717) is 13.0 Å². The molecule has 0 atom stereocenters. The van der Waals surface area contributed by atoms with Gasteiger partial charge in [0.15, 0.2) is 0 Å². The molecule has 0 saturated carbocycles. The van der Waals surface area contributed by atoms with Gasteiger partial charge in [-0.25, -0.2) is 0 Å². The van der Waals surface area contributed by atoms with E-state index in [1.54, 1.807) is 0 Å². The first-order chi connectivity index (χ1) is 22.3. The summed E-state index contributed by atoms with van der Waals surface area (Å²) in [5, 5.41) is 0. The van der Waals surface area contributed by atoms with Crippen molar-refractivity contribution in [2.45, 2.75) is 208 Å². The number of hydrogen-bond acceptors (Lipinski definition) is 2. The van der Waals surface area contributed by atoms with Crippen LogP contribution in [0.4, 0.5) is 0 Å². The lowest BCUT2D eigenvalue weighted by Crippen LogP contribution is -2.04. The number of allylic oxidation sites excluding steroid dienone is 9. The normalized spacial score (nSPS) is 12.7. The average molecular weight is 639 g/mol. The summed E-state index contributed by atoms with van der Waals surface area (Å²) in [7, 11) is 0. The lowest BCUT2D eigenvalue weighted by Gasteiger charge is -2.05. The Morgan fingerprint density at radius 3 is 1.28 bits per heavy atom. The maximum Gasteiger partial charge on any atom is 0.306 e. The van der Waals surface area contributed by atoms with E-state index in [2.05, 4.69) is 78.0 Å². The van der Waals surface area contributed by atoms with E-state index in [9.17, 15) is 4.79 Å². The van der Waals surface area contributed by atoms with Crippen LogP contribution in [-0.4, -0.2) is 12.6 Å². The highest BCUT2D eigenvalue weighted by atomic mass is 16.5. The molecule has 0 amide bonds. The van der Waals surface area contributed by atoms with Crippen molar-refractivity contribution in [3.05, 3.63) is 58.7 Å². The number of rotatable bonds is 32. The summed E-state index contributed by atoms with van der Waals surface area (Å²) in [6.07, 6.45) is 46.5. The molecule has 0 saturated heterocycles. The van der Waals surface area contributed by atoms with Crippen molar-refractivity contribution in [3.63, 3.8) is 0 Å². The largest absolute Gasteiger partial charge is 0.461 e. The molecule has 0 aliphatic heterocycles. The van der Waals surface area contributed by atoms with Gasteiger partial charge in [0.05, 0.1) is 0 Å². The summed E-state index contributed by atoms with van der Waals surface area (Å²) in [5.74, 6) is -0.0442.